The summed E-state index contributed by atoms with van der Waals surface area (Å²) < 4.78 is 2.80. The van der Waals surface area contributed by atoms with Crippen LogP contribution in [0.3, 0.4) is 0 Å². The van der Waals surface area contributed by atoms with Crippen LogP contribution in [0.5, 0.6) is 0 Å². The van der Waals surface area contributed by atoms with Gasteiger partial charge in [0.05, 0.1) is 0 Å². The van der Waals surface area contributed by atoms with E-state index in [1.165, 1.54) is 80.5 Å². The number of hydrogen-bond donors (Lipinski definition) is 0. The third-order valence-corrected chi connectivity index (χ3v) is 14.8. The van der Waals surface area contributed by atoms with Gasteiger partial charge in [-0.1, -0.05) is 0 Å². The van der Waals surface area contributed by atoms with E-state index in [1.54, 1.807) is 0 Å². The predicted molar refractivity (Wildman–Crippen MR) is 258 cm³/mol. The van der Waals surface area contributed by atoms with Gasteiger partial charge in [0.1, 0.15) is 0 Å². The van der Waals surface area contributed by atoms with Gasteiger partial charge in [-0.05, 0) is 0 Å². The first-order valence-electron chi connectivity index (χ1n) is 21.1. The zero-order valence-electron chi connectivity index (χ0n) is 33.7. The quantitative estimate of drug-likeness (QED) is 0.150. The molecule has 1 aliphatic carbocycles. The zero-order chi connectivity index (χ0) is 41.0. The van der Waals surface area contributed by atoms with Crippen molar-refractivity contribution in [2.45, 2.75) is 6.42 Å². The van der Waals surface area contributed by atoms with Gasteiger partial charge in [-0.3, -0.25) is 0 Å². The average Bonchev–Trinajstić information content (AvgIpc) is 3.92. The molecule has 0 fully saturated rings. The van der Waals surface area contributed by atoms with Gasteiger partial charge >= 0.3 is 368 Å². The molecule has 1 aliphatic rings. The van der Waals surface area contributed by atoms with Crippen LogP contribution in [-0.4, -0.2) is 29.9 Å². The normalized spacial score (nSPS) is 11.8. The molecular weight excluding hydrogens is 818 g/mol. The van der Waals surface area contributed by atoms with Crippen molar-refractivity contribution in [2.75, 3.05) is 0 Å². The van der Waals surface area contributed by atoms with Crippen molar-refractivity contribution < 1.29 is 0 Å². The third-order valence-electron chi connectivity index (χ3n) is 12.4. The summed E-state index contributed by atoms with van der Waals surface area (Å²) in [6.07, 6.45) is 0.850. The summed E-state index contributed by atoms with van der Waals surface area (Å²) in [5, 5.41) is 16.9. The first-order valence-corrected chi connectivity index (χ1v) is 22.8. The molecule has 0 saturated heterocycles. The molecule has 2 aromatic heterocycles. The fourth-order valence-corrected chi connectivity index (χ4v) is 12.1. The molecule has 0 N–H and O–H groups in total. The molecule has 4 heteroatoms. The average molecular weight is 855 g/mol. The molecule has 0 atom stereocenters. The first kappa shape index (κ1) is 36.4. The van der Waals surface area contributed by atoms with Crippen LogP contribution in [-0.2, 0) is 6.42 Å². The molecule has 3 nitrogen and oxygen atoms in total. The van der Waals surface area contributed by atoms with E-state index in [9.17, 15) is 0 Å². The second kappa shape index (κ2) is 15.2. The number of aromatic nitrogens is 3. The van der Waals surface area contributed by atoms with E-state index in [2.05, 4.69) is 211 Å². The Hall–Kier alpha value is -7.49. The van der Waals surface area contributed by atoms with Crippen molar-refractivity contribution >= 4 is 33.8 Å². The summed E-state index contributed by atoms with van der Waals surface area (Å²) in [6, 6.07) is 77.1. The van der Waals surface area contributed by atoms with Crippen LogP contribution < -0.4 is 0 Å². The minimum absolute atomic E-state index is 0.145. The summed E-state index contributed by atoms with van der Waals surface area (Å²) in [5.41, 5.74) is 20.7. The van der Waals surface area contributed by atoms with Gasteiger partial charge in [-0.25, -0.2) is 0 Å². The molecule has 11 aromatic rings. The monoisotopic (exact) mass is 855 g/mol. The number of nitrogens with zero attached hydrogens (tertiary/aromatic N) is 3. The molecule has 0 saturated carbocycles. The summed E-state index contributed by atoms with van der Waals surface area (Å²) in [7, 11) is 0. The Balaban J connectivity index is 1.25. The van der Waals surface area contributed by atoms with E-state index >= 15 is 0 Å². The maximum atomic E-state index is 4.98. The Labute approximate surface area is 366 Å². The van der Waals surface area contributed by atoms with Gasteiger partial charge in [0.15, 0.2) is 0 Å². The van der Waals surface area contributed by atoms with E-state index in [0.717, 1.165) is 45.6 Å². The Morgan fingerprint density at radius 1 is 0.339 bits per heavy atom. The molecule has 62 heavy (non-hydrogen) atoms. The standard InChI is InChI=1S/C58H37N3Se/c1-5-19-37(20-6-1)47-36-48-42-28-14-13-27-41(42)35-49(48)55(52(47)38-21-7-2-8-22-38)46-33-34-51-56(45-31-17-18-32-50(45)62-51)54(46)43-29-15-16-30-44(43)58-53(39-23-9-3-10-24-39)57(59-61-60-58)40-25-11-4-12-26-40/h1-34,36H,35H2. The molecule has 12 rings (SSSR count). The van der Waals surface area contributed by atoms with Crippen LogP contribution in [0, 0.1) is 0 Å². The van der Waals surface area contributed by atoms with Crippen LogP contribution in [0.2, 0.25) is 0 Å². The molecule has 0 spiro atoms. The predicted octanol–water partition coefficient (Wildman–Crippen LogP) is 14.5. The van der Waals surface area contributed by atoms with Crippen molar-refractivity contribution in [3.05, 3.63) is 223 Å². The van der Waals surface area contributed by atoms with Gasteiger partial charge in [-0.2, -0.15) is 0 Å². The minimum atomic E-state index is 0.145. The van der Waals surface area contributed by atoms with E-state index in [-0.39, 0.29) is 14.5 Å². The van der Waals surface area contributed by atoms with Gasteiger partial charge in [0, 0.05) is 0 Å². The number of rotatable bonds is 7. The van der Waals surface area contributed by atoms with Crippen LogP contribution >= 0.6 is 0 Å². The number of fused-ring (bicyclic) bond motifs is 6. The Morgan fingerprint density at radius 3 is 1.63 bits per heavy atom. The van der Waals surface area contributed by atoms with Crippen molar-refractivity contribution in [1.82, 2.24) is 15.4 Å². The van der Waals surface area contributed by atoms with Crippen molar-refractivity contribution in [3.8, 4) is 89.3 Å². The fraction of sp³-hybridized carbons (Fsp3) is 0.0172. The van der Waals surface area contributed by atoms with Gasteiger partial charge < -0.3 is 0 Å². The molecule has 0 radical (unpaired) electrons. The van der Waals surface area contributed by atoms with Crippen LogP contribution in [0.4, 0.5) is 0 Å². The zero-order valence-corrected chi connectivity index (χ0v) is 35.4. The summed E-state index contributed by atoms with van der Waals surface area (Å²) >= 11 is 0.145. The van der Waals surface area contributed by atoms with Crippen molar-refractivity contribution in [1.29, 1.82) is 0 Å². The summed E-state index contributed by atoms with van der Waals surface area (Å²) in [5.74, 6) is 0. The van der Waals surface area contributed by atoms with Gasteiger partial charge in [0.25, 0.3) is 0 Å². The summed E-state index contributed by atoms with van der Waals surface area (Å²) in [6.45, 7) is 0. The Kier molecular flexibility index (Phi) is 8.92. The van der Waals surface area contributed by atoms with E-state index in [4.69, 9.17) is 10.2 Å². The Morgan fingerprint density at radius 2 is 0.903 bits per heavy atom. The summed E-state index contributed by atoms with van der Waals surface area (Å²) in [4.78, 5) is 0. The van der Waals surface area contributed by atoms with Gasteiger partial charge in [-0.15, -0.1) is 0 Å². The second-order valence-electron chi connectivity index (χ2n) is 15.9. The van der Waals surface area contributed by atoms with Crippen molar-refractivity contribution in [3.63, 3.8) is 0 Å². The molecule has 0 unspecified atom stereocenters. The van der Waals surface area contributed by atoms with Crippen LogP contribution in [0.25, 0.3) is 109 Å². The Bertz CT molecular complexity index is 3470. The molecule has 2 heterocycles. The van der Waals surface area contributed by atoms with E-state index < -0.39 is 0 Å². The molecule has 0 bridgehead atoms. The molecule has 290 valence electrons. The fourth-order valence-electron chi connectivity index (χ4n) is 9.72. The third kappa shape index (κ3) is 5.99. The number of hydrogen-bond acceptors (Lipinski definition) is 3. The SMILES string of the molecule is c1ccc(-c2cc3c(c(-c4ccc5[se]c6ccccc6c5c4-c4ccccc4-c4nnnc(-c5ccccc5)c4-c4ccccc4)c2-c2ccccc2)Cc2ccccc2-3)cc1. The molecule has 9 aromatic carbocycles. The van der Waals surface area contributed by atoms with Crippen LogP contribution in [0.1, 0.15) is 11.1 Å². The van der Waals surface area contributed by atoms with E-state index in [1.807, 2.05) is 6.07 Å². The molecule has 0 amide bonds. The molecule has 0 aliphatic heterocycles. The van der Waals surface area contributed by atoms with Crippen molar-refractivity contribution in [2.24, 2.45) is 0 Å². The van der Waals surface area contributed by atoms with E-state index in [0.29, 0.717) is 0 Å². The maximum absolute atomic E-state index is 4.98. The first-order chi connectivity index (χ1) is 30.8. The molecular formula is C58H37N3Se. The van der Waals surface area contributed by atoms with Crippen LogP contribution in [0.15, 0.2) is 212 Å². The topological polar surface area (TPSA) is 38.7 Å². The number of benzene rings is 9. The van der Waals surface area contributed by atoms with Gasteiger partial charge in [0.2, 0.25) is 0 Å². The second-order valence-corrected chi connectivity index (χ2v) is 18.1.